The number of amides is 1. The Labute approximate surface area is 141 Å². The lowest BCUT2D eigenvalue weighted by molar-refractivity contribution is -0.0267. The van der Waals surface area contributed by atoms with E-state index in [4.69, 9.17) is 4.74 Å². The first-order valence-corrected chi connectivity index (χ1v) is 8.05. The number of nitrogens with zero attached hydrogens (tertiary/aromatic N) is 4. The van der Waals surface area contributed by atoms with Crippen LogP contribution in [0.1, 0.15) is 33.7 Å². The van der Waals surface area contributed by atoms with E-state index in [-0.39, 0.29) is 12.0 Å². The van der Waals surface area contributed by atoms with Crippen molar-refractivity contribution in [2.75, 3.05) is 33.8 Å². The number of rotatable bonds is 4. The maximum Gasteiger partial charge on any atom is 0.272 e. The van der Waals surface area contributed by atoms with Gasteiger partial charge in [-0.3, -0.25) is 9.78 Å². The lowest BCUT2D eigenvalue weighted by Crippen LogP contribution is -2.43. The van der Waals surface area contributed by atoms with E-state index in [0.717, 1.165) is 23.6 Å². The molecule has 0 spiro atoms. The molecule has 2 aromatic rings. The normalized spacial score (nSPS) is 18.2. The van der Waals surface area contributed by atoms with Crippen LogP contribution in [-0.2, 0) is 11.3 Å². The number of carbonyl (C=O) groups excluding carboxylic acids is 1. The zero-order valence-corrected chi connectivity index (χ0v) is 14.3. The molecule has 1 fully saturated rings. The molecule has 1 aliphatic rings. The second-order valence-corrected chi connectivity index (χ2v) is 6.31. The summed E-state index contributed by atoms with van der Waals surface area (Å²) in [5, 5.41) is 0. The Morgan fingerprint density at radius 1 is 1.46 bits per heavy atom. The highest BCUT2D eigenvalue weighted by Crippen LogP contribution is 2.21. The number of pyridine rings is 1. The zero-order chi connectivity index (χ0) is 17.1. The van der Waals surface area contributed by atoms with E-state index in [0.29, 0.717) is 25.4 Å². The summed E-state index contributed by atoms with van der Waals surface area (Å²) >= 11 is 0. The van der Waals surface area contributed by atoms with Crippen molar-refractivity contribution in [2.24, 2.45) is 0 Å². The quantitative estimate of drug-likeness (QED) is 0.917. The SMILES string of the molecule is Cc1cccnc1C(=O)N1CCO[C@H](c2ncc(CN(C)C)[nH]2)C1. The van der Waals surface area contributed by atoms with E-state index in [2.05, 4.69) is 19.9 Å². The Bertz CT molecular complexity index is 713. The van der Waals surface area contributed by atoms with Crippen molar-refractivity contribution in [3.8, 4) is 0 Å². The van der Waals surface area contributed by atoms with Gasteiger partial charge in [0.05, 0.1) is 13.2 Å². The number of aromatic nitrogens is 3. The second-order valence-electron chi connectivity index (χ2n) is 6.31. The van der Waals surface area contributed by atoms with Crippen LogP contribution in [0, 0.1) is 6.92 Å². The van der Waals surface area contributed by atoms with Crippen LogP contribution in [-0.4, -0.2) is 64.5 Å². The van der Waals surface area contributed by atoms with Gasteiger partial charge in [0, 0.05) is 31.2 Å². The summed E-state index contributed by atoms with van der Waals surface area (Å²) in [7, 11) is 4.01. The average molecular weight is 329 g/mol. The van der Waals surface area contributed by atoms with Crippen molar-refractivity contribution < 1.29 is 9.53 Å². The Hall–Kier alpha value is -2.25. The van der Waals surface area contributed by atoms with Crippen LogP contribution in [0.4, 0.5) is 0 Å². The molecular weight excluding hydrogens is 306 g/mol. The topological polar surface area (TPSA) is 74.4 Å². The fourth-order valence-corrected chi connectivity index (χ4v) is 2.82. The average Bonchev–Trinajstić information content (AvgIpc) is 3.02. The number of morpholine rings is 1. The van der Waals surface area contributed by atoms with Crippen molar-refractivity contribution >= 4 is 5.91 Å². The molecule has 3 heterocycles. The van der Waals surface area contributed by atoms with E-state index in [1.165, 1.54) is 0 Å². The first kappa shape index (κ1) is 16.6. The molecule has 0 aromatic carbocycles. The molecule has 1 saturated heterocycles. The van der Waals surface area contributed by atoms with Gasteiger partial charge in [0.25, 0.3) is 5.91 Å². The minimum atomic E-state index is -0.234. The van der Waals surface area contributed by atoms with Crippen LogP contribution in [0.25, 0.3) is 0 Å². The monoisotopic (exact) mass is 329 g/mol. The predicted molar refractivity (Wildman–Crippen MR) is 89.5 cm³/mol. The van der Waals surface area contributed by atoms with Crippen LogP contribution in [0.5, 0.6) is 0 Å². The van der Waals surface area contributed by atoms with Gasteiger partial charge in [-0.05, 0) is 32.6 Å². The van der Waals surface area contributed by atoms with E-state index in [1.54, 1.807) is 11.1 Å². The Balaban J connectivity index is 1.71. The number of hydrogen-bond acceptors (Lipinski definition) is 5. The molecule has 1 N–H and O–H groups in total. The smallest absolute Gasteiger partial charge is 0.272 e. The molecule has 0 aliphatic carbocycles. The maximum absolute atomic E-state index is 12.7. The third-order valence-corrected chi connectivity index (χ3v) is 4.01. The van der Waals surface area contributed by atoms with Crippen molar-refractivity contribution in [1.82, 2.24) is 24.8 Å². The summed E-state index contributed by atoms with van der Waals surface area (Å²) < 4.78 is 5.81. The predicted octanol–water partition coefficient (Wildman–Crippen LogP) is 1.39. The van der Waals surface area contributed by atoms with Crippen molar-refractivity contribution in [3.63, 3.8) is 0 Å². The first-order chi connectivity index (χ1) is 11.5. The number of hydrogen-bond donors (Lipinski definition) is 1. The molecule has 0 saturated carbocycles. The number of nitrogens with one attached hydrogen (secondary N) is 1. The van der Waals surface area contributed by atoms with Crippen LogP contribution in [0.2, 0.25) is 0 Å². The summed E-state index contributed by atoms with van der Waals surface area (Å²) in [6.45, 7) is 4.22. The number of aromatic amines is 1. The summed E-state index contributed by atoms with van der Waals surface area (Å²) in [5.74, 6) is 0.712. The minimum Gasteiger partial charge on any atom is -0.367 e. The van der Waals surface area contributed by atoms with Gasteiger partial charge in [-0.1, -0.05) is 6.07 Å². The third-order valence-electron chi connectivity index (χ3n) is 4.01. The molecular formula is C17H23N5O2. The van der Waals surface area contributed by atoms with Gasteiger partial charge in [0.15, 0.2) is 0 Å². The van der Waals surface area contributed by atoms with E-state index >= 15 is 0 Å². The summed E-state index contributed by atoms with van der Waals surface area (Å²) in [6, 6.07) is 3.74. The Morgan fingerprint density at radius 3 is 3.04 bits per heavy atom. The first-order valence-electron chi connectivity index (χ1n) is 8.05. The molecule has 1 aliphatic heterocycles. The summed E-state index contributed by atoms with van der Waals surface area (Å²) in [4.78, 5) is 28.5. The summed E-state index contributed by atoms with van der Waals surface area (Å²) in [5.41, 5.74) is 2.42. The largest absolute Gasteiger partial charge is 0.367 e. The summed E-state index contributed by atoms with van der Waals surface area (Å²) in [6.07, 6.45) is 3.24. The van der Waals surface area contributed by atoms with E-state index < -0.39 is 0 Å². The third kappa shape index (κ3) is 3.63. The maximum atomic E-state index is 12.7. The van der Waals surface area contributed by atoms with Crippen LogP contribution < -0.4 is 0 Å². The zero-order valence-electron chi connectivity index (χ0n) is 14.3. The molecule has 3 rings (SSSR count). The molecule has 0 bridgehead atoms. The Kier molecular flexibility index (Phi) is 4.92. The second kappa shape index (κ2) is 7.11. The van der Waals surface area contributed by atoms with Crippen molar-refractivity contribution in [1.29, 1.82) is 0 Å². The fraction of sp³-hybridized carbons (Fsp3) is 0.471. The van der Waals surface area contributed by atoms with Gasteiger partial charge in [-0.25, -0.2) is 4.98 Å². The molecule has 1 atom stereocenters. The van der Waals surface area contributed by atoms with Crippen LogP contribution >= 0.6 is 0 Å². The lowest BCUT2D eigenvalue weighted by Gasteiger charge is -2.32. The minimum absolute atomic E-state index is 0.0542. The van der Waals surface area contributed by atoms with Gasteiger partial charge >= 0.3 is 0 Å². The molecule has 7 nitrogen and oxygen atoms in total. The Morgan fingerprint density at radius 2 is 2.29 bits per heavy atom. The van der Waals surface area contributed by atoms with E-state index in [9.17, 15) is 4.79 Å². The number of imidazole rings is 1. The molecule has 1 amide bonds. The fourth-order valence-electron chi connectivity index (χ4n) is 2.82. The highest BCUT2D eigenvalue weighted by atomic mass is 16.5. The molecule has 24 heavy (non-hydrogen) atoms. The lowest BCUT2D eigenvalue weighted by atomic mass is 10.1. The van der Waals surface area contributed by atoms with E-state index in [1.807, 2.05) is 39.3 Å². The number of carbonyl (C=O) groups is 1. The van der Waals surface area contributed by atoms with Gasteiger partial charge in [0.2, 0.25) is 0 Å². The highest BCUT2D eigenvalue weighted by molar-refractivity contribution is 5.93. The number of ether oxygens (including phenoxy) is 1. The molecule has 0 unspecified atom stereocenters. The van der Waals surface area contributed by atoms with Crippen molar-refractivity contribution in [3.05, 3.63) is 47.3 Å². The number of H-pyrrole nitrogens is 1. The molecule has 7 heteroatoms. The van der Waals surface area contributed by atoms with Gasteiger partial charge in [-0.15, -0.1) is 0 Å². The van der Waals surface area contributed by atoms with Gasteiger partial charge in [0.1, 0.15) is 17.6 Å². The highest BCUT2D eigenvalue weighted by Gasteiger charge is 2.29. The van der Waals surface area contributed by atoms with Crippen LogP contribution in [0.3, 0.4) is 0 Å². The molecule has 128 valence electrons. The van der Waals surface area contributed by atoms with Crippen LogP contribution in [0.15, 0.2) is 24.5 Å². The number of aryl methyl sites for hydroxylation is 1. The van der Waals surface area contributed by atoms with Gasteiger partial charge in [-0.2, -0.15) is 0 Å². The molecule has 2 aromatic heterocycles. The van der Waals surface area contributed by atoms with Gasteiger partial charge < -0.3 is 19.5 Å². The standard InChI is InChI=1S/C17H23N5O2/c1-12-5-4-6-18-15(12)17(23)22-7-8-24-14(11-22)16-19-9-13(20-16)10-21(2)3/h4-6,9,14H,7-8,10-11H2,1-3H3,(H,19,20)/t14-/m0/s1. The van der Waals surface area contributed by atoms with Crippen molar-refractivity contribution in [2.45, 2.75) is 19.6 Å². The molecule has 0 radical (unpaired) electrons.